The highest BCUT2D eigenvalue weighted by Crippen LogP contribution is 2.19. The molecule has 1 amide bonds. The van der Waals surface area contributed by atoms with Gasteiger partial charge in [-0.2, -0.15) is 0 Å². The van der Waals surface area contributed by atoms with E-state index < -0.39 is 0 Å². The van der Waals surface area contributed by atoms with Crippen molar-refractivity contribution < 1.29 is 9.90 Å². The Hall–Kier alpha value is -2.41. The number of carbonyl (C=O) groups is 1. The first-order chi connectivity index (χ1) is 9.11. The van der Waals surface area contributed by atoms with Crippen molar-refractivity contribution in [2.24, 2.45) is 5.73 Å². The number of nitrogens with two attached hydrogens (primary N) is 1. The summed E-state index contributed by atoms with van der Waals surface area (Å²) in [7, 11) is 1.61. The van der Waals surface area contributed by atoms with Crippen molar-refractivity contribution in [2.75, 3.05) is 18.5 Å². The number of nitrogens with zero attached hydrogens (tertiary/aromatic N) is 4. The highest BCUT2D eigenvalue weighted by atomic mass is 16.3. The number of benzene rings is 1. The zero-order chi connectivity index (χ0) is 13.8. The summed E-state index contributed by atoms with van der Waals surface area (Å²) in [5, 5.41) is 17.0. The molecule has 7 nitrogen and oxygen atoms in total. The molecule has 0 saturated heterocycles. The second kappa shape index (κ2) is 5.49. The molecule has 0 unspecified atom stereocenters. The fourth-order valence-electron chi connectivity index (χ4n) is 1.63. The van der Waals surface area contributed by atoms with Crippen LogP contribution >= 0.6 is 0 Å². The fourth-order valence-corrected chi connectivity index (χ4v) is 1.63. The van der Waals surface area contributed by atoms with Gasteiger partial charge < -0.3 is 15.7 Å². The van der Waals surface area contributed by atoms with E-state index in [9.17, 15) is 9.90 Å². The smallest absolute Gasteiger partial charge is 0.280 e. The largest absolute Gasteiger partial charge is 0.508 e. The van der Waals surface area contributed by atoms with Crippen molar-refractivity contribution in [2.45, 2.75) is 6.54 Å². The van der Waals surface area contributed by atoms with Crippen LogP contribution in [-0.2, 0) is 6.54 Å². The average molecular weight is 261 g/mol. The molecule has 0 bridgehead atoms. The van der Waals surface area contributed by atoms with Crippen LogP contribution in [0.1, 0.15) is 10.5 Å². The SMILES string of the molecule is CN(C(=O)c1cn(CCN)nn1)c1cccc(O)c1. The van der Waals surface area contributed by atoms with Gasteiger partial charge in [0.15, 0.2) is 5.69 Å². The van der Waals surface area contributed by atoms with Crippen molar-refractivity contribution >= 4 is 11.6 Å². The average Bonchev–Trinajstić information content (AvgIpc) is 2.86. The zero-order valence-corrected chi connectivity index (χ0v) is 10.5. The number of amides is 1. The number of hydrogen-bond donors (Lipinski definition) is 2. The van der Waals surface area contributed by atoms with Crippen LogP contribution in [0, 0.1) is 0 Å². The molecule has 0 saturated carbocycles. The predicted octanol–water partition coefficient (Wildman–Crippen LogP) is 0.219. The van der Waals surface area contributed by atoms with Gasteiger partial charge in [0.25, 0.3) is 5.91 Å². The van der Waals surface area contributed by atoms with Gasteiger partial charge in [0, 0.05) is 25.3 Å². The summed E-state index contributed by atoms with van der Waals surface area (Å²) in [5.41, 5.74) is 6.22. The summed E-state index contributed by atoms with van der Waals surface area (Å²) in [4.78, 5) is 13.6. The maximum Gasteiger partial charge on any atom is 0.280 e. The van der Waals surface area contributed by atoms with Gasteiger partial charge in [0.05, 0.1) is 12.7 Å². The van der Waals surface area contributed by atoms with E-state index in [0.29, 0.717) is 18.8 Å². The number of rotatable bonds is 4. The van der Waals surface area contributed by atoms with Crippen LogP contribution in [0.3, 0.4) is 0 Å². The molecule has 19 heavy (non-hydrogen) atoms. The van der Waals surface area contributed by atoms with Crippen molar-refractivity contribution in [3.63, 3.8) is 0 Å². The van der Waals surface area contributed by atoms with Gasteiger partial charge in [-0.1, -0.05) is 11.3 Å². The van der Waals surface area contributed by atoms with E-state index in [1.807, 2.05) is 0 Å². The summed E-state index contributed by atoms with van der Waals surface area (Å²) in [6.07, 6.45) is 1.55. The third-order valence-electron chi connectivity index (χ3n) is 2.64. The van der Waals surface area contributed by atoms with Gasteiger partial charge in [-0.25, -0.2) is 0 Å². The number of aromatic hydroxyl groups is 1. The quantitative estimate of drug-likeness (QED) is 0.820. The monoisotopic (exact) mass is 261 g/mol. The topological polar surface area (TPSA) is 97.3 Å². The Labute approximate surface area is 110 Å². The predicted molar refractivity (Wildman–Crippen MR) is 69.9 cm³/mol. The Morgan fingerprint density at radius 2 is 2.32 bits per heavy atom. The van der Waals surface area contributed by atoms with E-state index in [1.165, 1.54) is 15.6 Å². The molecule has 1 aromatic carbocycles. The summed E-state index contributed by atoms with van der Waals surface area (Å²) in [5.74, 6) is -0.196. The molecule has 0 aliphatic carbocycles. The van der Waals surface area contributed by atoms with Crippen LogP contribution in [0.5, 0.6) is 5.75 Å². The molecule has 1 heterocycles. The minimum Gasteiger partial charge on any atom is -0.508 e. The Morgan fingerprint density at radius 1 is 1.53 bits per heavy atom. The van der Waals surface area contributed by atoms with E-state index in [1.54, 1.807) is 31.4 Å². The van der Waals surface area contributed by atoms with Gasteiger partial charge >= 0.3 is 0 Å². The molecule has 0 spiro atoms. The lowest BCUT2D eigenvalue weighted by Gasteiger charge is -2.15. The number of anilines is 1. The van der Waals surface area contributed by atoms with Gasteiger partial charge in [-0.3, -0.25) is 9.48 Å². The van der Waals surface area contributed by atoms with E-state index in [-0.39, 0.29) is 17.4 Å². The molecular weight excluding hydrogens is 246 g/mol. The molecule has 0 aliphatic heterocycles. The van der Waals surface area contributed by atoms with Crippen LogP contribution in [-0.4, -0.2) is 39.6 Å². The summed E-state index contributed by atoms with van der Waals surface area (Å²) < 4.78 is 1.52. The Balaban J connectivity index is 2.18. The maximum absolute atomic E-state index is 12.2. The fraction of sp³-hybridized carbons (Fsp3) is 0.250. The third-order valence-corrected chi connectivity index (χ3v) is 2.64. The summed E-state index contributed by atoms with van der Waals surface area (Å²) in [6, 6.07) is 6.43. The molecule has 1 aromatic heterocycles. The van der Waals surface area contributed by atoms with E-state index in [4.69, 9.17) is 5.73 Å². The first-order valence-corrected chi connectivity index (χ1v) is 5.79. The van der Waals surface area contributed by atoms with E-state index in [0.717, 1.165) is 0 Å². The Bertz CT molecular complexity index is 581. The van der Waals surface area contributed by atoms with Gasteiger partial charge in [-0.15, -0.1) is 5.10 Å². The van der Waals surface area contributed by atoms with E-state index >= 15 is 0 Å². The van der Waals surface area contributed by atoms with Crippen LogP contribution in [0.25, 0.3) is 0 Å². The van der Waals surface area contributed by atoms with E-state index in [2.05, 4.69) is 10.3 Å². The first kappa shape index (κ1) is 13.0. The standard InChI is InChI=1S/C12H15N5O2/c1-16(9-3-2-4-10(18)7-9)12(19)11-8-17(6-5-13)15-14-11/h2-4,7-8,18H,5-6,13H2,1H3. The number of carbonyl (C=O) groups excluding carboxylic acids is 1. The van der Waals surface area contributed by atoms with Crippen molar-refractivity contribution in [3.8, 4) is 5.75 Å². The van der Waals surface area contributed by atoms with Crippen LogP contribution in [0.4, 0.5) is 5.69 Å². The maximum atomic E-state index is 12.2. The molecule has 2 aromatic rings. The molecule has 0 aliphatic rings. The summed E-state index contributed by atoms with van der Waals surface area (Å²) >= 11 is 0. The second-order valence-corrected chi connectivity index (χ2v) is 4.04. The molecule has 2 rings (SSSR count). The van der Waals surface area contributed by atoms with Crippen molar-refractivity contribution in [1.29, 1.82) is 0 Å². The van der Waals surface area contributed by atoms with Crippen molar-refractivity contribution in [3.05, 3.63) is 36.2 Å². The van der Waals surface area contributed by atoms with Gasteiger partial charge in [0.2, 0.25) is 0 Å². The molecule has 3 N–H and O–H groups in total. The second-order valence-electron chi connectivity index (χ2n) is 4.04. The molecule has 0 atom stereocenters. The van der Waals surface area contributed by atoms with Crippen molar-refractivity contribution in [1.82, 2.24) is 15.0 Å². The third kappa shape index (κ3) is 2.89. The molecule has 7 heteroatoms. The van der Waals surface area contributed by atoms with Gasteiger partial charge in [-0.05, 0) is 12.1 Å². The molecule has 0 fully saturated rings. The molecular formula is C12H15N5O2. The number of phenolic OH excluding ortho intramolecular Hbond substituents is 1. The normalized spacial score (nSPS) is 10.4. The number of phenols is 1. The lowest BCUT2D eigenvalue weighted by Crippen LogP contribution is -2.26. The highest BCUT2D eigenvalue weighted by molar-refractivity contribution is 6.04. The van der Waals surface area contributed by atoms with Gasteiger partial charge in [0.1, 0.15) is 5.75 Å². The molecule has 0 radical (unpaired) electrons. The minimum absolute atomic E-state index is 0.101. The Kier molecular flexibility index (Phi) is 3.76. The lowest BCUT2D eigenvalue weighted by molar-refractivity contribution is 0.0988. The number of hydrogen-bond acceptors (Lipinski definition) is 5. The molecule has 100 valence electrons. The lowest BCUT2D eigenvalue weighted by atomic mass is 10.2. The van der Waals surface area contributed by atoms with Crippen LogP contribution < -0.4 is 10.6 Å². The Morgan fingerprint density at radius 3 is 3.00 bits per heavy atom. The zero-order valence-electron chi connectivity index (χ0n) is 10.5. The highest BCUT2D eigenvalue weighted by Gasteiger charge is 2.17. The number of aromatic nitrogens is 3. The van der Waals surface area contributed by atoms with Crippen LogP contribution in [0.15, 0.2) is 30.5 Å². The first-order valence-electron chi connectivity index (χ1n) is 5.79. The van der Waals surface area contributed by atoms with Crippen LogP contribution in [0.2, 0.25) is 0 Å². The summed E-state index contributed by atoms with van der Waals surface area (Å²) in [6.45, 7) is 0.940. The minimum atomic E-state index is -0.297.